The van der Waals surface area contributed by atoms with E-state index in [4.69, 9.17) is 0 Å². The molecule has 0 saturated carbocycles. The van der Waals surface area contributed by atoms with Crippen molar-refractivity contribution < 1.29 is 0 Å². The molecule has 1 nitrogen and oxygen atoms in total. The molecule has 0 aromatic heterocycles. The Morgan fingerprint density at radius 1 is 0.944 bits per heavy atom. The second-order valence-corrected chi connectivity index (χ2v) is 5.62. The number of hydrogen-bond donors (Lipinski definition) is 1. The van der Waals surface area contributed by atoms with Crippen molar-refractivity contribution in [3.63, 3.8) is 0 Å². The molecule has 0 aliphatic heterocycles. The van der Waals surface area contributed by atoms with Gasteiger partial charge >= 0.3 is 0 Å². The van der Waals surface area contributed by atoms with E-state index < -0.39 is 0 Å². The highest BCUT2D eigenvalue weighted by Crippen LogP contribution is 2.16. The summed E-state index contributed by atoms with van der Waals surface area (Å²) in [7, 11) is 0. The van der Waals surface area contributed by atoms with Crippen LogP contribution in [0.1, 0.15) is 63.5 Å². The summed E-state index contributed by atoms with van der Waals surface area (Å²) in [4.78, 5) is 0. The zero-order valence-corrected chi connectivity index (χ0v) is 12.6. The van der Waals surface area contributed by atoms with Gasteiger partial charge in [0.1, 0.15) is 0 Å². The van der Waals surface area contributed by atoms with Crippen molar-refractivity contribution in [2.24, 2.45) is 0 Å². The zero-order chi connectivity index (χ0) is 13.4. The topological polar surface area (TPSA) is 12.0 Å². The van der Waals surface area contributed by atoms with E-state index >= 15 is 0 Å². The van der Waals surface area contributed by atoms with Gasteiger partial charge in [0, 0.05) is 11.7 Å². The molecule has 0 amide bonds. The van der Waals surface area contributed by atoms with Crippen LogP contribution in [0.2, 0.25) is 0 Å². The Morgan fingerprint density at radius 3 is 2.17 bits per heavy atom. The highest BCUT2D eigenvalue weighted by atomic mass is 14.9. The summed E-state index contributed by atoms with van der Waals surface area (Å²) in [5.41, 5.74) is 3.95. The third-order valence-electron chi connectivity index (χ3n) is 3.38. The van der Waals surface area contributed by atoms with Crippen molar-refractivity contribution in [3.05, 3.63) is 29.3 Å². The lowest BCUT2D eigenvalue weighted by Crippen LogP contribution is -2.15. The second-order valence-electron chi connectivity index (χ2n) is 5.62. The van der Waals surface area contributed by atoms with Gasteiger partial charge in [-0.1, -0.05) is 45.1 Å². The molecule has 0 spiro atoms. The number of unbranched alkanes of at least 4 members (excludes halogenated alkanes) is 4. The van der Waals surface area contributed by atoms with Gasteiger partial charge in [-0.2, -0.15) is 0 Å². The first-order valence-electron chi connectivity index (χ1n) is 7.46. The molecular weight excluding hydrogens is 218 g/mol. The maximum absolute atomic E-state index is 3.61. The maximum atomic E-state index is 3.61. The van der Waals surface area contributed by atoms with Gasteiger partial charge in [0.15, 0.2) is 0 Å². The van der Waals surface area contributed by atoms with Crippen LogP contribution in [0.25, 0.3) is 0 Å². The minimum absolute atomic E-state index is 0.577. The molecule has 1 aromatic rings. The predicted molar refractivity (Wildman–Crippen MR) is 82.4 cm³/mol. The van der Waals surface area contributed by atoms with Crippen molar-refractivity contribution in [1.82, 2.24) is 0 Å². The van der Waals surface area contributed by atoms with Gasteiger partial charge in [-0.05, 0) is 50.5 Å². The van der Waals surface area contributed by atoms with Gasteiger partial charge in [-0.25, -0.2) is 0 Å². The van der Waals surface area contributed by atoms with Gasteiger partial charge in [0.05, 0.1) is 0 Å². The Morgan fingerprint density at radius 2 is 1.56 bits per heavy atom. The Kier molecular flexibility index (Phi) is 6.85. The first-order valence-corrected chi connectivity index (χ1v) is 7.46. The van der Waals surface area contributed by atoms with Crippen molar-refractivity contribution in [2.45, 2.75) is 72.3 Å². The van der Waals surface area contributed by atoms with E-state index in [1.807, 2.05) is 0 Å². The van der Waals surface area contributed by atoms with E-state index in [0.29, 0.717) is 6.04 Å². The van der Waals surface area contributed by atoms with E-state index in [-0.39, 0.29) is 0 Å². The lowest BCUT2D eigenvalue weighted by Gasteiger charge is -2.16. The summed E-state index contributed by atoms with van der Waals surface area (Å²) >= 11 is 0. The van der Waals surface area contributed by atoms with Crippen molar-refractivity contribution in [3.8, 4) is 0 Å². The predicted octanol–water partition coefficient (Wildman–Crippen LogP) is 5.46. The number of nitrogens with one attached hydrogen (secondary N) is 1. The summed E-state index contributed by atoms with van der Waals surface area (Å²) in [6.07, 6.45) is 8.12. The minimum atomic E-state index is 0.577. The minimum Gasteiger partial charge on any atom is -0.383 e. The van der Waals surface area contributed by atoms with Crippen LogP contribution in [-0.2, 0) is 0 Å². The molecule has 0 bridgehead atoms. The standard InChI is InChI=1S/C17H29N/c1-5-6-7-8-9-10-16(4)18-17-12-14(2)11-15(3)13-17/h11-13,16,18H,5-10H2,1-4H3. The van der Waals surface area contributed by atoms with Crippen molar-refractivity contribution >= 4 is 5.69 Å². The Bertz CT molecular complexity index is 323. The fourth-order valence-electron chi connectivity index (χ4n) is 2.47. The van der Waals surface area contributed by atoms with E-state index in [9.17, 15) is 0 Å². The lowest BCUT2D eigenvalue weighted by atomic mass is 10.1. The number of benzene rings is 1. The maximum Gasteiger partial charge on any atom is 0.0347 e. The molecule has 0 radical (unpaired) electrons. The second kappa shape index (κ2) is 8.18. The average Bonchev–Trinajstić information content (AvgIpc) is 2.27. The van der Waals surface area contributed by atoms with Gasteiger partial charge in [-0.15, -0.1) is 0 Å². The van der Waals surface area contributed by atoms with Gasteiger partial charge < -0.3 is 5.32 Å². The molecule has 0 fully saturated rings. The highest BCUT2D eigenvalue weighted by molar-refractivity contribution is 5.48. The van der Waals surface area contributed by atoms with Crippen LogP contribution >= 0.6 is 0 Å². The summed E-state index contributed by atoms with van der Waals surface area (Å²) in [6.45, 7) is 8.88. The smallest absolute Gasteiger partial charge is 0.0347 e. The van der Waals surface area contributed by atoms with E-state index in [2.05, 4.69) is 51.2 Å². The molecule has 1 unspecified atom stereocenters. The molecule has 0 aliphatic rings. The van der Waals surface area contributed by atoms with Crippen LogP contribution < -0.4 is 5.32 Å². The number of hydrogen-bond acceptors (Lipinski definition) is 1. The molecule has 102 valence electrons. The Balaban J connectivity index is 2.28. The van der Waals surface area contributed by atoms with E-state index in [1.165, 1.54) is 55.3 Å². The molecule has 0 saturated heterocycles. The van der Waals surface area contributed by atoms with Crippen LogP contribution in [0.4, 0.5) is 5.69 Å². The fourth-order valence-corrected chi connectivity index (χ4v) is 2.47. The molecule has 1 aromatic carbocycles. The quantitative estimate of drug-likeness (QED) is 0.601. The third kappa shape index (κ3) is 6.09. The van der Waals surface area contributed by atoms with E-state index in [1.54, 1.807) is 0 Å². The van der Waals surface area contributed by atoms with Gasteiger partial charge in [-0.3, -0.25) is 0 Å². The van der Waals surface area contributed by atoms with E-state index in [0.717, 1.165) is 0 Å². The van der Waals surface area contributed by atoms with Crippen LogP contribution in [-0.4, -0.2) is 6.04 Å². The molecule has 1 atom stereocenters. The largest absolute Gasteiger partial charge is 0.383 e. The van der Waals surface area contributed by atoms with Crippen LogP contribution in [0.5, 0.6) is 0 Å². The summed E-state index contributed by atoms with van der Waals surface area (Å²) in [5.74, 6) is 0. The summed E-state index contributed by atoms with van der Waals surface area (Å²) in [5, 5.41) is 3.61. The SMILES string of the molecule is CCCCCCCC(C)Nc1cc(C)cc(C)c1. The monoisotopic (exact) mass is 247 g/mol. The molecule has 1 heteroatoms. The summed E-state index contributed by atoms with van der Waals surface area (Å²) < 4.78 is 0. The lowest BCUT2D eigenvalue weighted by molar-refractivity contribution is 0.578. The first kappa shape index (κ1) is 15.1. The molecule has 1 N–H and O–H groups in total. The number of aryl methyl sites for hydroxylation is 2. The van der Waals surface area contributed by atoms with Gasteiger partial charge in [0.25, 0.3) is 0 Å². The van der Waals surface area contributed by atoms with Crippen LogP contribution in [0, 0.1) is 13.8 Å². The Hall–Kier alpha value is -0.980. The normalized spacial score (nSPS) is 12.4. The van der Waals surface area contributed by atoms with Crippen LogP contribution in [0.3, 0.4) is 0 Å². The molecule has 1 rings (SSSR count). The van der Waals surface area contributed by atoms with Crippen molar-refractivity contribution in [1.29, 1.82) is 0 Å². The van der Waals surface area contributed by atoms with Crippen LogP contribution in [0.15, 0.2) is 18.2 Å². The Labute approximate surface area is 113 Å². The van der Waals surface area contributed by atoms with Gasteiger partial charge in [0.2, 0.25) is 0 Å². The molecular formula is C17H29N. The third-order valence-corrected chi connectivity index (χ3v) is 3.38. The fraction of sp³-hybridized carbons (Fsp3) is 0.647. The molecule has 0 heterocycles. The summed E-state index contributed by atoms with van der Waals surface area (Å²) in [6, 6.07) is 7.27. The molecule has 0 aliphatic carbocycles. The average molecular weight is 247 g/mol. The highest BCUT2D eigenvalue weighted by Gasteiger charge is 2.02. The zero-order valence-electron chi connectivity index (χ0n) is 12.6. The first-order chi connectivity index (χ1) is 8.61. The number of anilines is 1. The molecule has 18 heavy (non-hydrogen) atoms. The number of rotatable bonds is 8. The van der Waals surface area contributed by atoms with Crippen molar-refractivity contribution in [2.75, 3.05) is 5.32 Å².